The van der Waals surface area contributed by atoms with Gasteiger partial charge in [0.1, 0.15) is 18.0 Å². The highest BCUT2D eigenvalue weighted by molar-refractivity contribution is 5.48. The first-order valence-corrected chi connectivity index (χ1v) is 5.04. The molecule has 0 aromatic carbocycles. The van der Waals surface area contributed by atoms with E-state index in [2.05, 4.69) is 20.5 Å². The Morgan fingerprint density at radius 3 is 3.06 bits per heavy atom. The van der Waals surface area contributed by atoms with Crippen molar-refractivity contribution < 1.29 is 0 Å². The lowest BCUT2D eigenvalue weighted by Gasteiger charge is -2.05. The summed E-state index contributed by atoms with van der Waals surface area (Å²) < 4.78 is 1.90. The number of aromatic nitrogens is 4. The summed E-state index contributed by atoms with van der Waals surface area (Å²) in [5, 5.41) is 11.0. The van der Waals surface area contributed by atoms with Crippen LogP contribution in [0.2, 0.25) is 0 Å². The van der Waals surface area contributed by atoms with Crippen LogP contribution in [0.3, 0.4) is 0 Å². The lowest BCUT2D eigenvalue weighted by molar-refractivity contribution is 0.787. The summed E-state index contributed by atoms with van der Waals surface area (Å²) in [6.07, 6.45) is 4.17. The molecule has 84 valence electrons. The van der Waals surface area contributed by atoms with Crippen molar-refractivity contribution in [2.45, 2.75) is 6.42 Å². The van der Waals surface area contributed by atoms with Gasteiger partial charge in [0.15, 0.2) is 0 Å². The standard InChI is InChI=1S/C10H14N6/c1-16-7-14-15-10(16)3-5-13-9-6-8(11)2-4-12-9/h2,4,6-7H,3,5H2,1H3,(H3,11,12,13). The van der Waals surface area contributed by atoms with E-state index >= 15 is 0 Å². The second-order valence-electron chi connectivity index (χ2n) is 3.51. The molecule has 3 N–H and O–H groups in total. The Morgan fingerprint density at radius 1 is 1.50 bits per heavy atom. The van der Waals surface area contributed by atoms with Gasteiger partial charge in [0.25, 0.3) is 0 Å². The quantitative estimate of drug-likeness (QED) is 0.778. The van der Waals surface area contributed by atoms with Crippen molar-refractivity contribution in [3.63, 3.8) is 0 Å². The van der Waals surface area contributed by atoms with Gasteiger partial charge in [0, 0.05) is 38.0 Å². The highest BCUT2D eigenvalue weighted by atomic mass is 15.2. The molecule has 2 aromatic rings. The van der Waals surface area contributed by atoms with Gasteiger partial charge in [0.05, 0.1) is 0 Å². The summed E-state index contributed by atoms with van der Waals surface area (Å²) in [6.45, 7) is 0.753. The van der Waals surface area contributed by atoms with Crippen molar-refractivity contribution >= 4 is 11.5 Å². The van der Waals surface area contributed by atoms with Crippen LogP contribution in [-0.2, 0) is 13.5 Å². The zero-order valence-electron chi connectivity index (χ0n) is 9.09. The number of nitrogens with two attached hydrogens (primary N) is 1. The van der Waals surface area contributed by atoms with E-state index in [1.165, 1.54) is 0 Å². The molecule has 0 atom stereocenters. The molecule has 0 radical (unpaired) electrons. The van der Waals surface area contributed by atoms with Gasteiger partial charge in [-0.3, -0.25) is 0 Å². The summed E-state index contributed by atoms with van der Waals surface area (Å²) in [4.78, 5) is 4.15. The Bertz CT molecular complexity index is 464. The van der Waals surface area contributed by atoms with E-state index in [4.69, 9.17) is 5.73 Å². The average molecular weight is 218 g/mol. The first-order chi connectivity index (χ1) is 7.75. The normalized spacial score (nSPS) is 10.3. The molecular weight excluding hydrogens is 204 g/mol. The fourth-order valence-electron chi connectivity index (χ4n) is 1.38. The minimum atomic E-state index is 0.705. The van der Waals surface area contributed by atoms with E-state index < -0.39 is 0 Å². The lowest BCUT2D eigenvalue weighted by Crippen LogP contribution is -2.09. The number of anilines is 2. The fourth-order valence-corrected chi connectivity index (χ4v) is 1.38. The van der Waals surface area contributed by atoms with Crippen molar-refractivity contribution in [3.05, 3.63) is 30.5 Å². The average Bonchev–Trinajstić information content (AvgIpc) is 2.65. The summed E-state index contributed by atoms with van der Waals surface area (Å²) in [5.74, 6) is 1.72. The summed E-state index contributed by atoms with van der Waals surface area (Å²) >= 11 is 0. The van der Waals surface area contributed by atoms with E-state index in [0.717, 1.165) is 24.6 Å². The first-order valence-electron chi connectivity index (χ1n) is 5.04. The second kappa shape index (κ2) is 4.61. The van der Waals surface area contributed by atoms with Gasteiger partial charge in [-0.05, 0) is 6.07 Å². The largest absolute Gasteiger partial charge is 0.399 e. The van der Waals surface area contributed by atoms with Crippen LogP contribution in [0.25, 0.3) is 0 Å². The number of aryl methyl sites for hydroxylation is 1. The van der Waals surface area contributed by atoms with Crippen molar-refractivity contribution in [2.24, 2.45) is 7.05 Å². The molecule has 0 spiro atoms. The number of hydrogen-bond donors (Lipinski definition) is 2. The zero-order valence-corrected chi connectivity index (χ0v) is 9.09. The van der Waals surface area contributed by atoms with Gasteiger partial charge in [-0.2, -0.15) is 0 Å². The highest BCUT2D eigenvalue weighted by Gasteiger charge is 2.00. The number of pyridine rings is 1. The summed E-state index contributed by atoms with van der Waals surface area (Å²) in [7, 11) is 1.92. The van der Waals surface area contributed by atoms with Crippen LogP contribution in [0.4, 0.5) is 11.5 Å². The van der Waals surface area contributed by atoms with Crippen LogP contribution in [0.5, 0.6) is 0 Å². The topological polar surface area (TPSA) is 81.7 Å². The third kappa shape index (κ3) is 2.47. The minimum Gasteiger partial charge on any atom is -0.399 e. The molecule has 0 aliphatic heterocycles. The van der Waals surface area contributed by atoms with E-state index in [0.29, 0.717) is 5.69 Å². The lowest BCUT2D eigenvalue weighted by atomic mass is 10.3. The molecule has 0 fully saturated rings. The molecule has 2 rings (SSSR count). The first kappa shape index (κ1) is 10.4. The van der Waals surface area contributed by atoms with Crippen molar-refractivity contribution in [2.75, 3.05) is 17.6 Å². The van der Waals surface area contributed by atoms with Gasteiger partial charge < -0.3 is 15.6 Å². The molecule has 0 aliphatic rings. The van der Waals surface area contributed by atoms with Gasteiger partial charge in [0.2, 0.25) is 0 Å². The Morgan fingerprint density at radius 2 is 2.38 bits per heavy atom. The van der Waals surface area contributed by atoms with Gasteiger partial charge in [-0.25, -0.2) is 4.98 Å². The molecule has 6 nitrogen and oxygen atoms in total. The number of nitrogens with one attached hydrogen (secondary N) is 1. The molecule has 16 heavy (non-hydrogen) atoms. The van der Waals surface area contributed by atoms with Gasteiger partial charge in [-0.15, -0.1) is 10.2 Å². The van der Waals surface area contributed by atoms with E-state index in [1.54, 1.807) is 24.7 Å². The van der Waals surface area contributed by atoms with E-state index in [9.17, 15) is 0 Å². The van der Waals surface area contributed by atoms with Crippen LogP contribution in [0.1, 0.15) is 5.82 Å². The summed E-state index contributed by atoms with van der Waals surface area (Å²) in [5.41, 5.74) is 6.35. The monoisotopic (exact) mass is 218 g/mol. The van der Waals surface area contributed by atoms with Crippen LogP contribution < -0.4 is 11.1 Å². The second-order valence-corrected chi connectivity index (χ2v) is 3.51. The molecule has 0 amide bonds. The maximum Gasteiger partial charge on any atom is 0.134 e. The summed E-state index contributed by atoms with van der Waals surface area (Å²) in [6, 6.07) is 3.56. The molecule has 0 bridgehead atoms. The van der Waals surface area contributed by atoms with Crippen LogP contribution >= 0.6 is 0 Å². The third-order valence-electron chi connectivity index (χ3n) is 2.24. The molecule has 2 aromatic heterocycles. The predicted octanol–water partition coefficient (Wildman–Crippen LogP) is 0.447. The molecule has 0 saturated heterocycles. The van der Waals surface area contributed by atoms with Crippen LogP contribution in [-0.4, -0.2) is 26.3 Å². The van der Waals surface area contributed by atoms with E-state index in [1.807, 2.05) is 11.6 Å². The number of rotatable bonds is 4. The molecule has 6 heteroatoms. The number of nitrogen functional groups attached to an aromatic ring is 1. The maximum atomic E-state index is 5.64. The number of hydrogen-bond acceptors (Lipinski definition) is 5. The molecule has 2 heterocycles. The van der Waals surface area contributed by atoms with Crippen LogP contribution in [0, 0.1) is 0 Å². The maximum absolute atomic E-state index is 5.64. The smallest absolute Gasteiger partial charge is 0.134 e. The number of nitrogens with zero attached hydrogens (tertiary/aromatic N) is 4. The third-order valence-corrected chi connectivity index (χ3v) is 2.24. The SMILES string of the molecule is Cn1cnnc1CCNc1cc(N)ccn1. The molecule has 0 saturated carbocycles. The highest BCUT2D eigenvalue weighted by Crippen LogP contribution is 2.07. The molecule has 0 aliphatic carbocycles. The Hall–Kier alpha value is -2.11. The Kier molecular flexibility index (Phi) is 3.00. The molecule has 0 unspecified atom stereocenters. The van der Waals surface area contributed by atoms with Crippen LogP contribution in [0.15, 0.2) is 24.7 Å². The Balaban J connectivity index is 1.87. The fraction of sp³-hybridized carbons (Fsp3) is 0.300. The van der Waals surface area contributed by atoms with Crippen molar-refractivity contribution in [1.82, 2.24) is 19.7 Å². The minimum absolute atomic E-state index is 0.705. The zero-order chi connectivity index (χ0) is 11.4. The van der Waals surface area contributed by atoms with E-state index in [-0.39, 0.29) is 0 Å². The predicted molar refractivity (Wildman–Crippen MR) is 61.8 cm³/mol. The van der Waals surface area contributed by atoms with Gasteiger partial charge >= 0.3 is 0 Å². The Labute approximate surface area is 93.5 Å². The van der Waals surface area contributed by atoms with Crippen molar-refractivity contribution in [1.29, 1.82) is 0 Å². The van der Waals surface area contributed by atoms with Crippen molar-refractivity contribution in [3.8, 4) is 0 Å². The van der Waals surface area contributed by atoms with Gasteiger partial charge in [-0.1, -0.05) is 0 Å². The molecular formula is C10H14N6.